The maximum atomic E-state index is 12.7. The fourth-order valence-electron chi connectivity index (χ4n) is 3.57. The minimum Gasteiger partial charge on any atom is -0.493 e. The third-order valence-corrected chi connectivity index (χ3v) is 6.57. The Kier molecular flexibility index (Phi) is 12.0. The van der Waals surface area contributed by atoms with Gasteiger partial charge in [-0.2, -0.15) is 0 Å². The highest BCUT2D eigenvalue weighted by Crippen LogP contribution is 2.28. The van der Waals surface area contributed by atoms with E-state index in [-0.39, 0.29) is 18.3 Å². The SMILES string of the molecule is CCOc1ccccc1OCC(=O)NNC(=O)c1ccccc1SCC(=O)NCCc1ccc(OC)c(OC)c1. The van der Waals surface area contributed by atoms with Gasteiger partial charge in [-0.05, 0) is 55.3 Å². The van der Waals surface area contributed by atoms with Crippen LogP contribution >= 0.6 is 11.8 Å². The number of carbonyl (C=O) groups is 3. The molecule has 0 aliphatic heterocycles. The molecule has 3 aromatic carbocycles. The summed E-state index contributed by atoms with van der Waals surface area (Å²) >= 11 is 1.23. The molecule has 40 heavy (non-hydrogen) atoms. The molecule has 0 radical (unpaired) electrons. The second-order valence-corrected chi connectivity index (χ2v) is 9.26. The number of benzene rings is 3. The van der Waals surface area contributed by atoms with Crippen molar-refractivity contribution in [2.24, 2.45) is 0 Å². The summed E-state index contributed by atoms with van der Waals surface area (Å²) in [5, 5.41) is 2.88. The van der Waals surface area contributed by atoms with E-state index >= 15 is 0 Å². The van der Waals surface area contributed by atoms with Crippen LogP contribution in [0.4, 0.5) is 0 Å². The number of rotatable bonds is 14. The number of amides is 3. The van der Waals surface area contributed by atoms with Crippen LogP contribution in [-0.2, 0) is 16.0 Å². The van der Waals surface area contributed by atoms with Crippen molar-refractivity contribution >= 4 is 29.5 Å². The highest BCUT2D eigenvalue weighted by molar-refractivity contribution is 8.00. The summed E-state index contributed by atoms with van der Waals surface area (Å²) < 4.78 is 21.5. The lowest BCUT2D eigenvalue weighted by molar-refractivity contribution is -0.124. The normalized spacial score (nSPS) is 10.3. The van der Waals surface area contributed by atoms with E-state index in [1.165, 1.54) is 11.8 Å². The molecule has 0 saturated heterocycles. The first kappa shape index (κ1) is 30.2. The van der Waals surface area contributed by atoms with Gasteiger partial charge in [-0.1, -0.05) is 30.3 Å². The number of ether oxygens (including phenoxy) is 4. The monoisotopic (exact) mass is 567 g/mol. The number of hydrogen-bond acceptors (Lipinski definition) is 8. The molecule has 0 spiro atoms. The number of hydrogen-bond donors (Lipinski definition) is 3. The summed E-state index contributed by atoms with van der Waals surface area (Å²) in [6.45, 7) is 2.44. The average molecular weight is 568 g/mol. The zero-order valence-electron chi connectivity index (χ0n) is 22.7. The fourth-order valence-corrected chi connectivity index (χ4v) is 4.45. The highest BCUT2D eigenvalue weighted by atomic mass is 32.2. The zero-order chi connectivity index (χ0) is 28.7. The molecular weight excluding hydrogens is 534 g/mol. The van der Waals surface area contributed by atoms with E-state index in [2.05, 4.69) is 16.2 Å². The van der Waals surface area contributed by atoms with E-state index in [0.717, 1.165) is 5.56 Å². The zero-order valence-corrected chi connectivity index (χ0v) is 23.5. The Labute approximate surface area is 237 Å². The van der Waals surface area contributed by atoms with E-state index in [9.17, 15) is 14.4 Å². The molecule has 3 N–H and O–H groups in total. The molecule has 0 aromatic heterocycles. The highest BCUT2D eigenvalue weighted by Gasteiger charge is 2.14. The van der Waals surface area contributed by atoms with Gasteiger partial charge in [0.25, 0.3) is 11.8 Å². The van der Waals surface area contributed by atoms with Gasteiger partial charge in [-0.3, -0.25) is 25.2 Å². The molecule has 0 unspecified atom stereocenters. The number of methoxy groups -OCH3 is 2. The van der Waals surface area contributed by atoms with Crippen molar-refractivity contribution in [2.45, 2.75) is 18.2 Å². The first-order valence-electron chi connectivity index (χ1n) is 12.6. The van der Waals surface area contributed by atoms with Crippen molar-refractivity contribution in [3.05, 3.63) is 77.9 Å². The van der Waals surface area contributed by atoms with E-state index in [4.69, 9.17) is 18.9 Å². The first-order chi connectivity index (χ1) is 19.4. The van der Waals surface area contributed by atoms with Crippen molar-refractivity contribution in [3.8, 4) is 23.0 Å². The van der Waals surface area contributed by atoms with Crippen LogP contribution < -0.4 is 35.1 Å². The Bertz CT molecular complexity index is 1300. The molecular formula is C29H33N3O7S. The van der Waals surface area contributed by atoms with Gasteiger partial charge in [0.1, 0.15) is 0 Å². The Hall–Kier alpha value is -4.38. The third-order valence-electron chi connectivity index (χ3n) is 5.50. The Morgan fingerprint density at radius 2 is 1.48 bits per heavy atom. The lowest BCUT2D eigenvalue weighted by Crippen LogP contribution is -2.44. The van der Waals surface area contributed by atoms with Crippen molar-refractivity contribution in [1.29, 1.82) is 0 Å². The summed E-state index contributed by atoms with van der Waals surface area (Å²) in [5.41, 5.74) is 6.06. The van der Waals surface area contributed by atoms with Crippen LogP contribution in [0.2, 0.25) is 0 Å². The number of hydrazine groups is 1. The molecule has 0 aliphatic carbocycles. The van der Waals surface area contributed by atoms with Gasteiger partial charge in [0.15, 0.2) is 29.6 Å². The van der Waals surface area contributed by atoms with Crippen LogP contribution in [0.5, 0.6) is 23.0 Å². The predicted molar refractivity (Wildman–Crippen MR) is 152 cm³/mol. The molecule has 0 atom stereocenters. The van der Waals surface area contributed by atoms with Gasteiger partial charge in [0.05, 0.1) is 32.1 Å². The summed E-state index contributed by atoms with van der Waals surface area (Å²) in [6, 6.07) is 19.5. The van der Waals surface area contributed by atoms with Gasteiger partial charge in [-0.15, -0.1) is 11.8 Å². The van der Waals surface area contributed by atoms with Crippen LogP contribution in [0.1, 0.15) is 22.8 Å². The van der Waals surface area contributed by atoms with Crippen molar-refractivity contribution in [2.75, 3.05) is 39.7 Å². The molecule has 212 valence electrons. The standard InChI is InChI=1S/C29H33N3O7S/c1-4-38-23-10-6-7-11-24(23)39-18-27(33)31-32-29(35)21-9-5-8-12-26(21)40-19-28(34)30-16-15-20-13-14-22(36-2)25(17-20)37-3/h5-14,17H,4,15-16,18-19H2,1-3H3,(H,30,34)(H,31,33)(H,32,35). The molecule has 0 saturated carbocycles. The third kappa shape index (κ3) is 9.12. The molecule has 0 heterocycles. The van der Waals surface area contributed by atoms with E-state index in [1.807, 2.05) is 25.1 Å². The van der Waals surface area contributed by atoms with Crippen LogP contribution in [0, 0.1) is 0 Å². The minimum atomic E-state index is -0.543. The van der Waals surface area contributed by atoms with Crippen LogP contribution in [-0.4, -0.2) is 57.5 Å². The van der Waals surface area contributed by atoms with Gasteiger partial charge >= 0.3 is 0 Å². The fraction of sp³-hybridized carbons (Fsp3) is 0.276. The predicted octanol–water partition coefficient (Wildman–Crippen LogP) is 3.39. The lowest BCUT2D eigenvalue weighted by Gasteiger charge is -2.13. The van der Waals surface area contributed by atoms with Gasteiger partial charge in [0.2, 0.25) is 5.91 Å². The molecule has 3 aromatic rings. The molecule has 0 fully saturated rings. The van der Waals surface area contributed by atoms with Crippen LogP contribution in [0.3, 0.4) is 0 Å². The van der Waals surface area contributed by atoms with Crippen molar-refractivity contribution in [1.82, 2.24) is 16.2 Å². The van der Waals surface area contributed by atoms with E-state index in [0.29, 0.717) is 53.0 Å². The molecule has 0 aliphatic rings. The smallest absolute Gasteiger partial charge is 0.276 e. The second kappa shape index (κ2) is 15.9. The summed E-state index contributed by atoms with van der Waals surface area (Å²) in [6.07, 6.45) is 0.621. The molecule has 3 rings (SSSR count). The number of para-hydroxylation sites is 2. The molecule has 0 bridgehead atoms. The summed E-state index contributed by atoms with van der Waals surface area (Å²) in [5.74, 6) is 1.12. The van der Waals surface area contributed by atoms with Gasteiger partial charge in [-0.25, -0.2) is 0 Å². The first-order valence-corrected chi connectivity index (χ1v) is 13.6. The maximum absolute atomic E-state index is 12.7. The molecule has 11 heteroatoms. The summed E-state index contributed by atoms with van der Waals surface area (Å²) in [7, 11) is 3.15. The van der Waals surface area contributed by atoms with Crippen molar-refractivity contribution in [3.63, 3.8) is 0 Å². The van der Waals surface area contributed by atoms with Gasteiger partial charge < -0.3 is 24.3 Å². The van der Waals surface area contributed by atoms with Gasteiger partial charge in [0, 0.05) is 11.4 Å². The number of carbonyl (C=O) groups excluding carboxylic acids is 3. The van der Waals surface area contributed by atoms with E-state index < -0.39 is 11.8 Å². The minimum absolute atomic E-state index is 0.121. The average Bonchev–Trinajstić information content (AvgIpc) is 2.98. The second-order valence-electron chi connectivity index (χ2n) is 8.24. The summed E-state index contributed by atoms with van der Waals surface area (Å²) in [4.78, 5) is 38.0. The largest absolute Gasteiger partial charge is 0.493 e. The van der Waals surface area contributed by atoms with Crippen molar-refractivity contribution < 1.29 is 33.3 Å². The van der Waals surface area contributed by atoms with Crippen LogP contribution in [0.15, 0.2) is 71.6 Å². The maximum Gasteiger partial charge on any atom is 0.276 e. The lowest BCUT2D eigenvalue weighted by atomic mass is 10.1. The molecule has 10 nitrogen and oxygen atoms in total. The quantitative estimate of drug-likeness (QED) is 0.200. The van der Waals surface area contributed by atoms with Crippen LogP contribution in [0.25, 0.3) is 0 Å². The number of thioether (sulfide) groups is 1. The number of nitrogens with one attached hydrogen (secondary N) is 3. The Morgan fingerprint density at radius 3 is 2.20 bits per heavy atom. The Morgan fingerprint density at radius 1 is 0.775 bits per heavy atom. The Balaban J connectivity index is 1.44. The molecule has 3 amide bonds. The topological polar surface area (TPSA) is 124 Å². The van der Waals surface area contributed by atoms with E-state index in [1.54, 1.807) is 62.8 Å².